The van der Waals surface area contributed by atoms with Crippen LogP contribution in [-0.4, -0.2) is 74.7 Å². The van der Waals surface area contributed by atoms with E-state index in [1.165, 1.54) is 7.11 Å². The van der Waals surface area contributed by atoms with E-state index in [-0.39, 0.29) is 18.4 Å². The molecule has 8 heteroatoms. The lowest BCUT2D eigenvalue weighted by Crippen LogP contribution is -2.52. The predicted octanol–water partition coefficient (Wildman–Crippen LogP) is 1.42. The molecule has 0 aliphatic carbocycles. The Morgan fingerprint density at radius 1 is 1.03 bits per heavy atom. The fourth-order valence-corrected chi connectivity index (χ4v) is 3.62. The standard InChI is InChI=1S/C21H24N4O4/c1-28-19-14-18(6-7-22-19)25-9-8-24(15-20(25)26)21(27)16-2-4-17(5-3-16)23-10-12-29-13-11-23/h2-7,14H,8-13,15H2,1H3. The first-order chi connectivity index (χ1) is 14.2. The average Bonchev–Trinajstić information content (AvgIpc) is 2.79. The molecule has 0 N–H and O–H groups in total. The molecule has 2 aliphatic rings. The van der Waals surface area contributed by atoms with Crippen molar-refractivity contribution in [1.29, 1.82) is 0 Å². The van der Waals surface area contributed by atoms with Crippen molar-refractivity contribution < 1.29 is 19.1 Å². The quantitative estimate of drug-likeness (QED) is 0.778. The maximum atomic E-state index is 12.9. The topological polar surface area (TPSA) is 75.2 Å². The van der Waals surface area contributed by atoms with Crippen LogP contribution in [0.4, 0.5) is 11.4 Å². The van der Waals surface area contributed by atoms with Gasteiger partial charge in [0.05, 0.1) is 26.0 Å². The molecule has 29 heavy (non-hydrogen) atoms. The zero-order valence-corrected chi connectivity index (χ0v) is 16.4. The van der Waals surface area contributed by atoms with Crippen LogP contribution in [0.25, 0.3) is 0 Å². The van der Waals surface area contributed by atoms with Crippen LogP contribution >= 0.6 is 0 Å². The number of nitrogens with zero attached hydrogens (tertiary/aromatic N) is 4. The number of rotatable bonds is 4. The molecule has 2 fully saturated rings. The number of pyridine rings is 1. The van der Waals surface area contributed by atoms with Gasteiger partial charge in [-0.3, -0.25) is 9.59 Å². The number of carbonyl (C=O) groups is 2. The van der Waals surface area contributed by atoms with Gasteiger partial charge in [-0.2, -0.15) is 0 Å². The van der Waals surface area contributed by atoms with Crippen LogP contribution in [0.2, 0.25) is 0 Å². The largest absolute Gasteiger partial charge is 0.481 e. The maximum absolute atomic E-state index is 12.9. The Morgan fingerprint density at radius 3 is 2.48 bits per heavy atom. The first-order valence-corrected chi connectivity index (χ1v) is 9.68. The van der Waals surface area contributed by atoms with E-state index in [9.17, 15) is 9.59 Å². The van der Waals surface area contributed by atoms with Gasteiger partial charge in [-0.25, -0.2) is 4.98 Å². The van der Waals surface area contributed by atoms with Gasteiger partial charge in [-0.1, -0.05) is 0 Å². The van der Waals surface area contributed by atoms with Crippen molar-refractivity contribution in [1.82, 2.24) is 9.88 Å². The van der Waals surface area contributed by atoms with Crippen molar-refractivity contribution in [2.24, 2.45) is 0 Å². The highest BCUT2D eigenvalue weighted by molar-refractivity contribution is 6.01. The van der Waals surface area contributed by atoms with Gasteiger partial charge in [-0.15, -0.1) is 0 Å². The normalized spacial score (nSPS) is 17.4. The Labute approximate surface area is 169 Å². The van der Waals surface area contributed by atoms with E-state index in [0.29, 0.717) is 24.5 Å². The van der Waals surface area contributed by atoms with Crippen LogP contribution in [0.3, 0.4) is 0 Å². The first kappa shape index (κ1) is 19.2. The lowest BCUT2D eigenvalue weighted by molar-refractivity contribution is -0.120. The maximum Gasteiger partial charge on any atom is 0.254 e. The number of hydrogen-bond acceptors (Lipinski definition) is 6. The number of morpholine rings is 1. The number of benzene rings is 1. The van der Waals surface area contributed by atoms with E-state index >= 15 is 0 Å². The number of aromatic nitrogens is 1. The highest BCUT2D eigenvalue weighted by Gasteiger charge is 2.29. The Morgan fingerprint density at radius 2 is 1.79 bits per heavy atom. The molecule has 4 rings (SSSR count). The third-order valence-corrected chi connectivity index (χ3v) is 5.24. The fraction of sp³-hybridized carbons (Fsp3) is 0.381. The molecule has 2 aliphatic heterocycles. The second-order valence-electron chi connectivity index (χ2n) is 6.97. The third kappa shape index (κ3) is 4.17. The van der Waals surface area contributed by atoms with Gasteiger partial charge in [0.25, 0.3) is 5.91 Å². The number of methoxy groups -OCH3 is 1. The minimum absolute atomic E-state index is 0.0503. The summed E-state index contributed by atoms with van der Waals surface area (Å²) in [5.41, 5.74) is 2.40. The zero-order valence-electron chi connectivity index (χ0n) is 16.4. The summed E-state index contributed by atoms with van der Waals surface area (Å²) in [7, 11) is 1.54. The molecule has 1 aromatic heterocycles. The number of carbonyl (C=O) groups excluding carboxylic acids is 2. The lowest BCUT2D eigenvalue weighted by atomic mass is 10.1. The SMILES string of the molecule is COc1cc(N2CCN(C(=O)c3ccc(N4CCOCC4)cc3)CC2=O)ccn1. The smallest absolute Gasteiger partial charge is 0.254 e. The molecule has 2 amide bonds. The van der Waals surface area contributed by atoms with Crippen molar-refractivity contribution in [2.75, 3.05) is 62.8 Å². The molecule has 8 nitrogen and oxygen atoms in total. The number of anilines is 2. The Hall–Kier alpha value is -3.13. The summed E-state index contributed by atoms with van der Waals surface area (Å²) >= 11 is 0. The second-order valence-corrected chi connectivity index (χ2v) is 6.97. The summed E-state index contributed by atoms with van der Waals surface area (Å²) in [5, 5.41) is 0. The van der Waals surface area contributed by atoms with Gasteiger partial charge in [-0.05, 0) is 30.3 Å². The fourth-order valence-electron chi connectivity index (χ4n) is 3.62. The van der Waals surface area contributed by atoms with Crippen LogP contribution < -0.4 is 14.5 Å². The van der Waals surface area contributed by atoms with E-state index in [0.717, 1.165) is 37.7 Å². The van der Waals surface area contributed by atoms with Gasteiger partial charge in [0, 0.05) is 49.7 Å². The van der Waals surface area contributed by atoms with Crippen molar-refractivity contribution in [3.63, 3.8) is 0 Å². The van der Waals surface area contributed by atoms with Crippen LogP contribution in [-0.2, 0) is 9.53 Å². The summed E-state index contributed by atoms with van der Waals surface area (Å²) in [4.78, 5) is 35.1. The van der Waals surface area contributed by atoms with Gasteiger partial charge < -0.3 is 24.2 Å². The van der Waals surface area contributed by atoms with Crippen LogP contribution in [0, 0.1) is 0 Å². The van der Waals surface area contributed by atoms with Crippen LogP contribution in [0.1, 0.15) is 10.4 Å². The summed E-state index contributed by atoms with van der Waals surface area (Å²) < 4.78 is 10.5. The minimum Gasteiger partial charge on any atom is -0.481 e. The van der Waals surface area contributed by atoms with Crippen molar-refractivity contribution in [3.05, 3.63) is 48.2 Å². The number of piperazine rings is 1. The Kier molecular flexibility index (Phi) is 5.62. The molecular weight excluding hydrogens is 372 g/mol. The lowest BCUT2D eigenvalue weighted by Gasteiger charge is -2.34. The monoisotopic (exact) mass is 396 g/mol. The number of hydrogen-bond donors (Lipinski definition) is 0. The van der Waals surface area contributed by atoms with Gasteiger partial charge in [0.15, 0.2) is 0 Å². The molecule has 0 radical (unpaired) electrons. The summed E-state index contributed by atoms with van der Waals surface area (Å²) in [6, 6.07) is 11.1. The zero-order chi connectivity index (χ0) is 20.2. The molecule has 2 aromatic rings. The second kappa shape index (κ2) is 8.48. The molecule has 0 bridgehead atoms. The first-order valence-electron chi connectivity index (χ1n) is 9.68. The highest BCUT2D eigenvalue weighted by atomic mass is 16.5. The number of ether oxygens (including phenoxy) is 2. The molecule has 152 valence electrons. The minimum atomic E-state index is -0.126. The molecule has 1 aromatic carbocycles. The Balaban J connectivity index is 1.40. The summed E-state index contributed by atoms with van der Waals surface area (Å²) in [6.07, 6.45) is 1.61. The van der Waals surface area contributed by atoms with E-state index < -0.39 is 0 Å². The molecule has 2 saturated heterocycles. The van der Waals surface area contributed by atoms with Crippen molar-refractivity contribution >= 4 is 23.2 Å². The average molecular weight is 396 g/mol. The highest BCUT2D eigenvalue weighted by Crippen LogP contribution is 2.22. The molecule has 0 spiro atoms. The van der Waals surface area contributed by atoms with Crippen molar-refractivity contribution in [2.45, 2.75) is 0 Å². The van der Waals surface area contributed by atoms with Crippen LogP contribution in [0.5, 0.6) is 5.88 Å². The molecule has 0 atom stereocenters. The molecule has 3 heterocycles. The number of amides is 2. The molecular formula is C21H24N4O4. The van der Waals surface area contributed by atoms with E-state index in [4.69, 9.17) is 9.47 Å². The van der Waals surface area contributed by atoms with Gasteiger partial charge in [0.1, 0.15) is 6.54 Å². The molecule has 0 saturated carbocycles. The summed E-state index contributed by atoms with van der Waals surface area (Å²) in [6.45, 7) is 4.10. The third-order valence-electron chi connectivity index (χ3n) is 5.24. The molecule has 0 unspecified atom stereocenters. The van der Waals surface area contributed by atoms with Crippen LogP contribution in [0.15, 0.2) is 42.6 Å². The van der Waals surface area contributed by atoms with E-state index in [2.05, 4.69) is 9.88 Å². The van der Waals surface area contributed by atoms with Crippen molar-refractivity contribution in [3.8, 4) is 5.88 Å². The summed E-state index contributed by atoms with van der Waals surface area (Å²) in [5.74, 6) is 0.204. The van der Waals surface area contributed by atoms with E-state index in [1.807, 2.05) is 24.3 Å². The predicted molar refractivity (Wildman–Crippen MR) is 109 cm³/mol. The van der Waals surface area contributed by atoms with E-state index in [1.54, 1.807) is 28.1 Å². The van der Waals surface area contributed by atoms with Gasteiger partial charge in [0.2, 0.25) is 11.8 Å². The van der Waals surface area contributed by atoms with Gasteiger partial charge >= 0.3 is 0 Å². The Bertz CT molecular complexity index is 881.